The second-order valence-corrected chi connectivity index (χ2v) is 7.74. The first-order valence-electron chi connectivity index (χ1n) is 9.71. The third kappa shape index (κ3) is 3.28. The van der Waals surface area contributed by atoms with E-state index in [4.69, 9.17) is 0 Å². The van der Waals surface area contributed by atoms with Crippen molar-refractivity contribution in [3.63, 3.8) is 0 Å². The zero-order valence-corrected chi connectivity index (χ0v) is 15.8. The molecule has 5 nitrogen and oxygen atoms in total. The maximum absolute atomic E-state index is 12.6. The van der Waals surface area contributed by atoms with E-state index in [0.29, 0.717) is 24.5 Å². The van der Waals surface area contributed by atoms with Gasteiger partial charge in [-0.15, -0.1) is 0 Å². The van der Waals surface area contributed by atoms with Crippen LogP contribution in [0.15, 0.2) is 36.7 Å². The molecule has 2 aliphatic rings. The summed E-state index contributed by atoms with van der Waals surface area (Å²) in [5, 5.41) is 2.41. The number of fused-ring (bicyclic) bond motifs is 1. The maximum atomic E-state index is 12.6. The third-order valence-corrected chi connectivity index (χ3v) is 6.07. The molecule has 2 aliphatic heterocycles. The van der Waals surface area contributed by atoms with Crippen molar-refractivity contribution < 1.29 is 4.79 Å². The lowest BCUT2D eigenvalue weighted by Crippen LogP contribution is -2.42. The van der Waals surface area contributed by atoms with E-state index in [-0.39, 0.29) is 0 Å². The number of hydrogen-bond donors (Lipinski definition) is 0. The summed E-state index contributed by atoms with van der Waals surface area (Å²) in [7, 11) is 2.17. The quantitative estimate of drug-likeness (QED) is 0.848. The number of carbonyl (C=O) groups excluding carboxylic acids is 1. The lowest BCUT2D eigenvalue weighted by Gasteiger charge is -2.29. The van der Waals surface area contributed by atoms with Crippen molar-refractivity contribution in [2.24, 2.45) is 0 Å². The minimum atomic E-state index is 0.300. The van der Waals surface area contributed by atoms with Gasteiger partial charge in [-0.1, -0.05) is 12.1 Å². The summed E-state index contributed by atoms with van der Waals surface area (Å²) in [4.78, 5) is 23.6. The Balaban J connectivity index is 1.42. The molecule has 0 radical (unpaired) electrons. The average molecular weight is 352 g/mol. The number of anilines is 1. The van der Waals surface area contributed by atoms with Gasteiger partial charge < -0.3 is 9.80 Å². The lowest BCUT2D eigenvalue weighted by molar-refractivity contribution is -0.132. The molecule has 3 heterocycles. The highest BCUT2D eigenvalue weighted by atomic mass is 16.2. The number of rotatable bonds is 4. The Morgan fingerprint density at radius 3 is 2.96 bits per heavy atom. The van der Waals surface area contributed by atoms with E-state index in [9.17, 15) is 4.79 Å². The van der Waals surface area contributed by atoms with Crippen LogP contribution in [0.2, 0.25) is 0 Å². The smallest absolute Gasteiger partial charge is 0.236 e. The number of carbonyl (C=O) groups is 1. The minimum Gasteiger partial charge on any atom is -0.370 e. The molecule has 1 amide bonds. The van der Waals surface area contributed by atoms with Gasteiger partial charge in [-0.2, -0.15) is 0 Å². The molecule has 2 saturated heterocycles. The van der Waals surface area contributed by atoms with E-state index in [2.05, 4.69) is 57.9 Å². The highest BCUT2D eigenvalue weighted by molar-refractivity contribution is 5.93. The zero-order valence-electron chi connectivity index (χ0n) is 15.8. The van der Waals surface area contributed by atoms with E-state index in [1.165, 1.54) is 16.5 Å². The molecule has 1 aromatic carbocycles. The molecule has 1 aromatic heterocycles. The van der Waals surface area contributed by atoms with E-state index >= 15 is 0 Å². The summed E-state index contributed by atoms with van der Waals surface area (Å²) in [6, 6.07) is 9.33. The number of nitrogens with zero attached hydrogens (tertiary/aromatic N) is 4. The number of likely N-dealkylation sites (tertiary alicyclic amines) is 2. The molecule has 26 heavy (non-hydrogen) atoms. The Morgan fingerprint density at radius 2 is 2.15 bits per heavy atom. The molecule has 0 unspecified atom stereocenters. The number of amides is 1. The second-order valence-electron chi connectivity index (χ2n) is 7.74. The fraction of sp³-hybridized carbons (Fsp3) is 0.524. The predicted molar refractivity (Wildman–Crippen MR) is 105 cm³/mol. The Kier molecular flexibility index (Phi) is 4.81. The molecule has 138 valence electrons. The minimum absolute atomic E-state index is 0.300. The Hall–Kier alpha value is -2.14. The summed E-state index contributed by atoms with van der Waals surface area (Å²) in [6.45, 7) is 5.61. The molecule has 4 rings (SSSR count). The van der Waals surface area contributed by atoms with Crippen LogP contribution in [0.5, 0.6) is 0 Å². The molecule has 0 aliphatic carbocycles. The largest absolute Gasteiger partial charge is 0.370 e. The fourth-order valence-corrected chi connectivity index (χ4v) is 4.47. The first kappa shape index (κ1) is 17.3. The van der Waals surface area contributed by atoms with E-state index in [1.54, 1.807) is 0 Å². The van der Waals surface area contributed by atoms with Crippen molar-refractivity contribution in [2.45, 2.75) is 38.3 Å². The third-order valence-electron chi connectivity index (χ3n) is 6.07. The molecule has 0 spiro atoms. The number of pyridine rings is 1. The van der Waals surface area contributed by atoms with Crippen molar-refractivity contribution in [1.29, 1.82) is 0 Å². The monoisotopic (exact) mass is 352 g/mol. The van der Waals surface area contributed by atoms with Gasteiger partial charge >= 0.3 is 0 Å². The van der Waals surface area contributed by atoms with E-state index in [0.717, 1.165) is 38.9 Å². The van der Waals surface area contributed by atoms with Crippen molar-refractivity contribution >= 4 is 22.4 Å². The SMILES string of the molecule is C[C@@H]1CCCN1C(=O)CN1CC[C@H](N(C)c2cccc3cnccc23)C1. The van der Waals surface area contributed by atoms with E-state index < -0.39 is 0 Å². The Bertz CT molecular complexity index is 787. The molecular weight excluding hydrogens is 324 g/mol. The Labute approximate surface area is 155 Å². The van der Waals surface area contributed by atoms with Gasteiger partial charge in [0.25, 0.3) is 0 Å². The molecule has 2 atom stereocenters. The van der Waals surface area contributed by atoms with Gasteiger partial charge in [0.1, 0.15) is 0 Å². The van der Waals surface area contributed by atoms with Gasteiger partial charge in [0, 0.05) is 67.6 Å². The van der Waals surface area contributed by atoms with Gasteiger partial charge in [0.2, 0.25) is 5.91 Å². The molecule has 0 saturated carbocycles. The second kappa shape index (κ2) is 7.23. The molecule has 2 fully saturated rings. The van der Waals surface area contributed by atoms with Crippen LogP contribution >= 0.6 is 0 Å². The van der Waals surface area contributed by atoms with Gasteiger partial charge in [0.05, 0.1) is 6.54 Å². The van der Waals surface area contributed by atoms with Crippen LogP contribution in [0.25, 0.3) is 10.8 Å². The van der Waals surface area contributed by atoms with Crippen LogP contribution < -0.4 is 4.90 Å². The molecule has 2 aromatic rings. The maximum Gasteiger partial charge on any atom is 0.236 e. The molecule has 5 heteroatoms. The van der Waals surface area contributed by atoms with Crippen LogP contribution in [0, 0.1) is 0 Å². The molecule has 0 bridgehead atoms. The summed E-state index contributed by atoms with van der Waals surface area (Å²) in [6.07, 6.45) is 7.17. The van der Waals surface area contributed by atoms with Gasteiger partial charge in [-0.3, -0.25) is 14.7 Å². The highest BCUT2D eigenvalue weighted by Crippen LogP contribution is 2.29. The van der Waals surface area contributed by atoms with Crippen LogP contribution in [0.3, 0.4) is 0 Å². The van der Waals surface area contributed by atoms with Crippen LogP contribution in [-0.2, 0) is 4.79 Å². The highest BCUT2D eigenvalue weighted by Gasteiger charge is 2.31. The van der Waals surface area contributed by atoms with Gasteiger partial charge in [0.15, 0.2) is 0 Å². The summed E-state index contributed by atoms with van der Waals surface area (Å²) >= 11 is 0. The lowest BCUT2D eigenvalue weighted by atomic mass is 10.1. The van der Waals surface area contributed by atoms with E-state index in [1.807, 2.05) is 12.4 Å². The standard InChI is InChI=1S/C21H28N4O/c1-16-5-4-11-25(16)21(26)15-24-12-9-18(14-24)23(2)20-7-3-6-17-13-22-10-8-19(17)20/h3,6-8,10,13,16,18H,4-5,9,11-12,14-15H2,1-2H3/t16-,18+/m1/s1. The first-order chi connectivity index (χ1) is 12.6. The van der Waals surface area contributed by atoms with Crippen LogP contribution in [-0.4, -0.2) is 66.0 Å². The summed E-state index contributed by atoms with van der Waals surface area (Å²) in [5.74, 6) is 0.300. The number of hydrogen-bond acceptors (Lipinski definition) is 4. The number of likely N-dealkylation sites (N-methyl/N-ethyl adjacent to an activating group) is 1. The van der Waals surface area contributed by atoms with Crippen LogP contribution in [0.4, 0.5) is 5.69 Å². The normalized spacial score (nSPS) is 23.7. The fourth-order valence-electron chi connectivity index (χ4n) is 4.47. The van der Waals surface area contributed by atoms with Gasteiger partial charge in [-0.05, 0) is 38.3 Å². The number of benzene rings is 1. The molecular formula is C21H28N4O. The van der Waals surface area contributed by atoms with Crippen molar-refractivity contribution in [2.75, 3.05) is 38.1 Å². The summed E-state index contributed by atoms with van der Waals surface area (Å²) < 4.78 is 0. The van der Waals surface area contributed by atoms with Gasteiger partial charge in [-0.25, -0.2) is 0 Å². The van der Waals surface area contributed by atoms with Crippen molar-refractivity contribution in [1.82, 2.24) is 14.8 Å². The zero-order chi connectivity index (χ0) is 18.1. The van der Waals surface area contributed by atoms with Crippen molar-refractivity contribution in [3.05, 3.63) is 36.7 Å². The van der Waals surface area contributed by atoms with Crippen molar-refractivity contribution in [3.8, 4) is 0 Å². The Morgan fingerprint density at radius 1 is 1.27 bits per heavy atom. The first-order valence-corrected chi connectivity index (χ1v) is 9.71. The van der Waals surface area contributed by atoms with Crippen LogP contribution in [0.1, 0.15) is 26.2 Å². The average Bonchev–Trinajstić information content (AvgIpc) is 3.29. The predicted octanol–water partition coefficient (Wildman–Crippen LogP) is 2.76. The molecule has 0 N–H and O–H groups in total. The topological polar surface area (TPSA) is 39.7 Å². The summed E-state index contributed by atoms with van der Waals surface area (Å²) in [5.41, 5.74) is 1.25. The number of aromatic nitrogens is 1.